The van der Waals surface area contributed by atoms with Crippen LogP contribution in [0.4, 0.5) is 5.69 Å². The zero-order chi connectivity index (χ0) is 18.6. The number of hydrogen-bond donors (Lipinski definition) is 0. The summed E-state index contributed by atoms with van der Waals surface area (Å²) in [6, 6.07) is 1.51. The van der Waals surface area contributed by atoms with Crippen LogP contribution >= 0.6 is 0 Å². The summed E-state index contributed by atoms with van der Waals surface area (Å²) < 4.78 is 10.9. The van der Waals surface area contributed by atoms with Crippen molar-refractivity contribution in [3.8, 4) is 11.5 Å². The average molecular weight is 359 g/mol. The molecule has 0 heterocycles. The lowest BCUT2D eigenvalue weighted by Crippen LogP contribution is -2.42. The van der Waals surface area contributed by atoms with E-state index in [4.69, 9.17) is 9.47 Å². The van der Waals surface area contributed by atoms with Crippen LogP contribution < -0.4 is 9.47 Å². The van der Waals surface area contributed by atoms with Crippen LogP contribution in [0.3, 0.4) is 0 Å². The maximum Gasteiger partial charge on any atom is 0.277 e. The summed E-state index contributed by atoms with van der Waals surface area (Å²) in [5, 5.41) is 11.8. The van der Waals surface area contributed by atoms with Gasteiger partial charge in [-0.15, -0.1) is 0 Å². The summed E-state index contributed by atoms with van der Waals surface area (Å²) in [5.74, 6) is 2.24. The van der Waals surface area contributed by atoms with Gasteiger partial charge in [0.1, 0.15) is 5.78 Å². The highest BCUT2D eigenvalue weighted by molar-refractivity contribution is 5.87. The van der Waals surface area contributed by atoms with Crippen molar-refractivity contribution < 1.29 is 19.2 Å². The van der Waals surface area contributed by atoms with Crippen LogP contribution in [0.25, 0.3) is 0 Å². The number of methoxy groups -OCH3 is 2. The van der Waals surface area contributed by atoms with Gasteiger partial charge in [0.2, 0.25) is 0 Å². The molecular weight excluding hydrogens is 334 g/mol. The number of ketones is 1. The SMILES string of the molecule is COc1cc([N+](=O)[O-])c2c(c1OC)CC[C@@H]1[C@@H]2CC[C@]2(C)C(=O)CC[C@@H]12. The third kappa shape index (κ3) is 2.20. The van der Waals surface area contributed by atoms with Crippen LogP contribution in [0.5, 0.6) is 11.5 Å². The van der Waals surface area contributed by atoms with E-state index in [1.807, 2.05) is 0 Å². The van der Waals surface area contributed by atoms with Gasteiger partial charge in [0.25, 0.3) is 5.69 Å². The molecule has 1 aromatic rings. The second-order valence-electron chi connectivity index (χ2n) is 8.11. The Morgan fingerprint density at radius 3 is 2.62 bits per heavy atom. The van der Waals surface area contributed by atoms with Crippen molar-refractivity contribution in [2.24, 2.45) is 17.3 Å². The molecule has 3 aliphatic rings. The third-order valence-corrected chi connectivity index (χ3v) is 7.23. The average Bonchev–Trinajstić information content (AvgIpc) is 2.94. The van der Waals surface area contributed by atoms with E-state index in [0.717, 1.165) is 43.2 Å². The number of nitro benzene ring substituents is 1. The molecule has 26 heavy (non-hydrogen) atoms. The molecule has 0 aliphatic heterocycles. The van der Waals surface area contributed by atoms with Gasteiger partial charge in [0.05, 0.1) is 25.2 Å². The fourth-order valence-electron chi connectivity index (χ4n) is 6.01. The van der Waals surface area contributed by atoms with E-state index < -0.39 is 0 Å². The molecule has 3 aliphatic carbocycles. The molecule has 0 unspecified atom stereocenters. The van der Waals surface area contributed by atoms with Gasteiger partial charge in [-0.05, 0) is 49.9 Å². The van der Waals surface area contributed by atoms with E-state index in [1.54, 1.807) is 7.11 Å². The van der Waals surface area contributed by atoms with E-state index in [-0.39, 0.29) is 21.9 Å². The molecule has 2 fully saturated rings. The molecule has 0 aromatic heterocycles. The molecule has 6 heteroatoms. The van der Waals surface area contributed by atoms with E-state index in [1.165, 1.54) is 13.2 Å². The summed E-state index contributed by atoms with van der Waals surface area (Å²) >= 11 is 0. The van der Waals surface area contributed by atoms with E-state index in [9.17, 15) is 14.9 Å². The molecule has 4 rings (SSSR count). The molecule has 4 atom stereocenters. The molecule has 140 valence electrons. The molecular formula is C20H25NO5. The molecule has 0 bridgehead atoms. The summed E-state index contributed by atoms with van der Waals surface area (Å²) in [5.41, 5.74) is 1.66. The fraction of sp³-hybridized carbons (Fsp3) is 0.650. The normalized spacial score (nSPS) is 32.4. The summed E-state index contributed by atoms with van der Waals surface area (Å²) in [6.07, 6.45) is 4.91. The van der Waals surface area contributed by atoms with Crippen LogP contribution in [0.1, 0.15) is 56.1 Å². The minimum Gasteiger partial charge on any atom is -0.493 e. The summed E-state index contributed by atoms with van der Waals surface area (Å²) in [4.78, 5) is 24.0. The minimum atomic E-state index is -0.295. The number of carbonyl (C=O) groups excluding carboxylic acids is 1. The van der Waals surface area contributed by atoms with Crippen LogP contribution in [-0.2, 0) is 11.2 Å². The summed E-state index contributed by atoms with van der Waals surface area (Å²) in [7, 11) is 3.10. The number of rotatable bonds is 3. The van der Waals surface area contributed by atoms with Crippen molar-refractivity contribution in [2.45, 2.75) is 51.4 Å². The number of fused-ring (bicyclic) bond motifs is 5. The Kier molecular flexibility index (Phi) is 3.97. The van der Waals surface area contributed by atoms with Gasteiger partial charge in [-0.1, -0.05) is 6.92 Å². The molecule has 0 radical (unpaired) electrons. The first kappa shape index (κ1) is 17.3. The van der Waals surface area contributed by atoms with Crippen LogP contribution in [0.15, 0.2) is 6.07 Å². The van der Waals surface area contributed by atoms with Crippen molar-refractivity contribution in [1.82, 2.24) is 0 Å². The Balaban J connectivity index is 1.86. The second kappa shape index (κ2) is 5.96. The second-order valence-corrected chi connectivity index (χ2v) is 8.11. The summed E-state index contributed by atoms with van der Waals surface area (Å²) in [6.45, 7) is 2.11. The van der Waals surface area contributed by atoms with E-state index >= 15 is 0 Å². The maximum atomic E-state index is 12.5. The number of carbonyl (C=O) groups is 1. The van der Waals surface area contributed by atoms with Gasteiger partial charge in [-0.2, -0.15) is 0 Å². The number of Topliss-reactive ketones (excluding diaryl/α,β-unsaturated/α-hetero) is 1. The first-order valence-corrected chi connectivity index (χ1v) is 9.37. The minimum absolute atomic E-state index is 0.128. The lowest BCUT2D eigenvalue weighted by molar-refractivity contribution is -0.386. The smallest absolute Gasteiger partial charge is 0.277 e. The van der Waals surface area contributed by atoms with Crippen molar-refractivity contribution in [2.75, 3.05) is 14.2 Å². The van der Waals surface area contributed by atoms with Crippen LogP contribution in [0, 0.1) is 27.4 Å². The molecule has 0 saturated heterocycles. The van der Waals surface area contributed by atoms with Gasteiger partial charge < -0.3 is 9.47 Å². The standard InChI is InChI=1S/C20H25NO5/c1-20-9-8-12-11(14(20)6-7-17(20)22)4-5-13-18(12)15(21(23)24)10-16(25-2)19(13)26-3/h10-12,14H,4-9H2,1-3H3/t11-,12+,14+,20+/m1/s1. The Labute approximate surface area is 153 Å². The molecule has 0 N–H and O–H groups in total. The monoisotopic (exact) mass is 359 g/mol. The number of benzene rings is 1. The fourth-order valence-corrected chi connectivity index (χ4v) is 6.01. The Hall–Kier alpha value is -2.11. The largest absolute Gasteiger partial charge is 0.493 e. The Morgan fingerprint density at radius 2 is 1.96 bits per heavy atom. The highest BCUT2D eigenvalue weighted by atomic mass is 16.6. The lowest BCUT2D eigenvalue weighted by atomic mass is 9.55. The Morgan fingerprint density at radius 1 is 1.19 bits per heavy atom. The molecule has 6 nitrogen and oxygen atoms in total. The topological polar surface area (TPSA) is 78.7 Å². The number of nitrogens with zero attached hydrogens (tertiary/aromatic N) is 1. The number of ether oxygens (including phenoxy) is 2. The Bertz CT molecular complexity index is 789. The van der Waals surface area contributed by atoms with Gasteiger partial charge in [0.15, 0.2) is 11.5 Å². The lowest BCUT2D eigenvalue weighted by Gasteiger charge is -2.48. The zero-order valence-corrected chi connectivity index (χ0v) is 15.5. The number of nitro groups is 1. The van der Waals surface area contributed by atoms with Crippen molar-refractivity contribution in [3.05, 3.63) is 27.3 Å². The van der Waals surface area contributed by atoms with Gasteiger partial charge in [-0.25, -0.2) is 0 Å². The zero-order valence-electron chi connectivity index (χ0n) is 15.5. The number of hydrogen-bond acceptors (Lipinski definition) is 5. The maximum absolute atomic E-state index is 12.5. The van der Waals surface area contributed by atoms with Gasteiger partial charge in [-0.3, -0.25) is 14.9 Å². The third-order valence-electron chi connectivity index (χ3n) is 7.23. The van der Waals surface area contributed by atoms with E-state index in [2.05, 4.69) is 6.92 Å². The first-order chi connectivity index (χ1) is 12.4. The van der Waals surface area contributed by atoms with Crippen molar-refractivity contribution >= 4 is 11.5 Å². The van der Waals surface area contributed by atoms with Crippen LogP contribution in [-0.4, -0.2) is 24.9 Å². The predicted octanol–water partition coefficient (Wildman–Crippen LogP) is 4.04. The highest BCUT2D eigenvalue weighted by Gasteiger charge is 2.55. The van der Waals surface area contributed by atoms with Crippen LogP contribution in [0.2, 0.25) is 0 Å². The van der Waals surface area contributed by atoms with Gasteiger partial charge >= 0.3 is 0 Å². The first-order valence-electron chi connectivity index (χ1n) is 9.37. The molecule has 0 spiro atoms. The molecule has 2 saturated carbocycles. The van der Waals surface area contributed by atoms with Crippen molar-refractivity contribution in [1.29, 1.82) is 0 Å². The van der Waals surface area contributed by atoms with E-state index in [0.29, 0.717) is 35.5 Å². The highest BCUT2D eigenvalue weighted by Crippen LogP contribution is 2.61. The molecule has 1 aromatic carbocycles. The van der Waals surface area contributed by atoms with Crippen molar-refractivity contribution in [3.63, 3.8) is 0 Å². The van der Waals surface area contributed by atoms with Gasteiger partial charge in [0, 0.05) is 23.0 Å². The quantitative estimate of drug-likeness (QED) is 0.601. The predicted molar refractivity (Wildman–Crippen MR) is 95.8 cm³/mol. The molecule has 0 amide bonds.